The third-order valence-corrected chi connectivity index (χ3v) is 8.19. The van der Waals surface area contributed by atoms with Gasteiger partial charge in [-0.1, -0.05) is 0 Å². The molecule has 6 heteroatoms. The van der Waals surface area contributed by atoms with Gasteiger partial charge in [0.05, 0.1) is 0 Å². The van der Waals surface area contributed by atoms with Crippen molar-refractivity contribution in [3.8, 4) is 11.5 Å². The van der Waals surface area contributed by atoms with Crippen LogP contribution in [-0.4, -0.2) is 34.7 Å². The zero-order chi connectivity index (χ0) is 18.6. The van der Waals surface area contributed by atoms with Gasteiger partial charge in [-0.25, -0.2) is 0 Å². The third kappa shape index (κ3) is 4.19. The van der Waals surface area contributed by atoms with Crippen molar-refractivity contribution in [2.45, 2.75) is 36.9 Å². The zero-order valence-corrected chi connectivity index (χ0v) is 16.8. The molecular weight excluding hydrogens is 405 g/mol. The molecule has 0 spiro atoms. The summed E-state index contributed by atoms with van der Waals surface area (Å²) in [6, 6.07) is 11.2. The number of amides is 1. The van der Waals surface area contributed by atoms with E-state index in [0.29, 0.717) is 23.4 Å². The van der Waals surface area contributed by atoms with E-state index in [1.54, 1.807) is 6.07 Å². The fourth-order valence-electron chi connectivity index (χ4n) is 3.48. The number of fused-ring (bicyclic) bond motifs is 1. The summed E-state index contributed by atoms with van der Waals surface area (Å²) in [5.41, 5.74) is 2.14. The molecule has 2 aliphatic rings. The number of hydrogen-bond acceptors (Lipinski definition) is 4. The van der Waals surface area contributed by atoms with Gasteiger partial charge < -0.3 is 0 Å². The van der Waals surface area contributed by atoms with E-state index in [0.717, 1.165) is 26.7 Å². The molecule has 27 heavy (non-hydrogen) atoms. The molecule has 1 heterocycles. The summed E-state index contributed by atoms with van der Waals surface area (Å²) in [5.74, 6) is 1.31. The Labute approximate surface area is 165 Å². The van der Waals surface area contributed by atoms with E-state index in [2.05, 4.69) is 5.32 Å². The van der Waals surface area contributed by atoms with E-state index in [-0.39, 0.29) is 28.5 Å². The second kappa shape index (κ2) is 8.18. The van der Waals surface area contributed by atoms with Gasteiger partial charge in [0.25, 0.3) is 0 Å². The number of carbonyl (C=O) groups is 2. The van der Waals surface area contributed by atoms with Crippen LogP contribution in [0.1, 0.15) is 52.0 Å². The average molecular weight is 426 g/mol. The van der Waals surface area contributed by atoms with Crippen molar-refractivity contribution in [1.82, 2.24) is 5.32 Å². The first kappa shape index (κ1) is 18.1. The van der Waals surface area contributed by atoms with Gasteiger partial charge in [-0.2, -0.15) is 0 Å². The van der Waals surface area contributed by atoms with Crippen LogP contribution in [0.3, 0.4) is 0 Å². The number of rotatable bonds is 6. The van der Waals surface area contributed by atoms with Crippen molar-refractivity contribution in [3.63, 3.8) is 0 Å². The van der Waals surface area contributed by atoms with Gasteiger partial charge in [-0.15, -0.1) is 0 Å². The molecule has 1 aliphatic carbocycles. The molecule has 0 unspecified atom stereocenters. The normalized spacial score (nSPS) is 16.1. The molecule has 2 aromatic carbocycles. The Balaban J connectivity index is 1.48. The SMILES string of the molecule is O=Cc1ccc([As]C2CCCC2)c(C(=O)NCc2ccc3c(c2)OCO3)c1. The molecule has 0 saturated heterocycles. The van der Waals surface area contributed by atoms with Gasteiger partial charge in [0.15, 0.2) is 0 Å². The topological polar surface area (TPSA) is 64.6 Å². The number of carbonyl (C=O) groups excluding carboxylic acids is 2. The number of aldehydes is 1. The summed E-state index contributed by atoms with van der Waals surface area (Å²) in [5, 5.41) is 2.99. The monoisotopic (exact) mass is 426 g/mol. The summed E-state index contributed by atoms with van der Waals surface area (Å²) < 4.78 is 12.5. The van der Waals surface area contributed by atoms with Crippen LogP contribution in [0.4, 0.5) is 0 Å². The van der Waals surface area contributed by atoms with Gasteiger partial charge in [0.2, 0.25) is 0 Å². The Morgan fingerprint density at radius 3 is 2.74 bits per heavy atom. The van der Waals surface area contributed by atoms with Crippen LogP contribution < -0.4 is 19.1 Å². The molecule has 0 bridgehead atoms. The van der Waals surface area contributed by atoms with E-state index in [4.69, 9.17) is 9.47 Å². The minimum atomic E-state index is -0.125. The molecule has 1 aliphatic heterocycles. The molecule has 2 aromatic rings. The molecule has 1 amide bonds. The standard InChI is InChI=1S/C21H21AsNO4/c24-12-15-5-7-18(22-16-3-1-2-4-16)17(9-15)21(25)23-11-14-6-8-19-20(10-14)27-13-26-19/h5-10,12,16H,1-4,11,13H2,(H,23,25). The molecule has 0 aromatic heterocycles. The molecule has 1 N–H and O–H groups in total. The number of hydrogen-bond donors (Lipinski definition) is 1. The van der Waals surface area contributed by atoms with Crippen molar-refractivity contribution in [2.75, 3.05) is 6.79 Å². The Morgan fingerprint density at radius 1 is 1.11 bits per heavy atom. The van der Waals surface area contributed by atoms with Crippen molar-refractivity contribution in [3.05, 3.63) is 53.1 Å². The maximum atomic E-state index is 12.8. The molecule has 1 radical (unpaired) electrons. The fourth-order valence-corrected chi connectivity index (χ4v) is 6.59. The Morgan fingerprint density at radius 2 is 1.93 bits per heavy atom. The number of nitrogens with one attached hydrogen (secondary N) is 1. The predicted molar refractivity (Wildman–Crippen MR) is 103 cm³/mol. The first-order chi connectivity index (χ1) is 13.2. The first-order valence-electron chi connectivity index (χ1n) is 9.20. The number of benzene rings is 2. The van der Waals surface area contributed by atoms with E-state index in [9.17, 15) is 9.59 Å². The van der Waals surface area contributed by atoms with Crippen LogP contribution in [0.5, 0.6) is 11.5 Å². The third-order valence-electron chi connectivity index (χ3n) is 4.94. The van der Waals surface area contributed by atoms with Crippen LogP contribution >= 0.6 is 0 Å². The van der Waals surface area contributed by atoms with E-state index in [1.807, 2.05) is 30.3 Å². The van der Waals surface area contributed by atoms with Crippen LogP contribution in [0, 0.1) is 0 Å². The van der Waals surface area contributed by atoms with Crippen molar-refractivity contribution in [2.24, 2.45) is 0 Å². The summed E-state index contributed by atoms with van der Waals surface area (Å²) in [6.07, 6.45) is 5.89. The first-order valence-corrected chi connectivity index (χ1v) is 11.2. The summed E-state index contributed by atoms with van der Waals surface area (Å²) >= 11 is -0.0674. The van der Waals surface area contributed by atoms with Crippen molar-refractivity contribution >= 4 is 32.3 Å². The Hall–Kier alpha value is -2.26. The molecule has 139 valence electrons. The van der Waals surface area contributed by atoms with Gasteiger partial charge in [0, 0.05) is 0 Å². The minimum absolute atomic E-state index is 0.0674. The van der Waals surface area contributed by atoms with Crippen LogP contribution in [-0.2, 0) is 6.54 Å². The summed E-state index contributed by atoms with van der Waals surface area (Å²) in [4.78, 5) is 24.0. The summed E-state index contributed by atoms with van der Waals surface area (Å²) in [6.45, 7) is 0.636. The van der Waals surface area contributed by atoms with Crippen LogP contribution in [0.15, 0.2) is 36.4 Å². The Bertz CT molecular complexity index is 861. The fraction of sp³-hybridized carbons (Fsp3) is 0.333. The van der Waals surface area contributed by atoms with Crippen LogP contribution in [0.25, 0.3) is 0 Å². The number of ether oxygens (including phenoxy) is 2. The molecule has 1 fully saturated rings. The van der Waals surface area contributed by atoms with Crippen LogP contribution in [0.2, 0.25) is 4.71 Å². The quantitative estimate of drug-likeness (QED) is 0.570. The summed E-state index contributed by atoms with van der Waals surface area (Å²) in [7, 11) is 0. The molecule has 4 rings (SSSR count). The molecule has 1 saturated carbocycles. The second-order valence-electron chi connectivity index (χ2n) is 6.83. The average Bonchev–Trinajstić information content (AvgIpc) is 3.37. The molecule has 5 nitrogen and oxygen atoms in total. The van der Waals surface area contributed by atoms with Gasteiger partial charge >= 0.3 is 165 Å². The van der Waals surface area contributed by atoms with Gasteiger partial charge in [0.1, 0.15) is 0 Å². The van der Waals surface area contributed by atoms with Crippen molar-refractivity contribution in [1.29, 1.82) is 0 Å². The predicted octanol–water partition coefficient (Wildman–Crippen LogP) is 2.85. The zero-order valence-electron chi connectivity index (χ0n) is 14.9. The van der Waals surface area contributed by atoms with E-state index >= 15 is 0 Å². The van der Waals surface area contributed by atoms with Crippen molar-refractivity contribution < 1.29 is 19.1 Å². The van der Waals surface area contributed by atoms with E-state index < -0.39 is 0 Å². The van der Waals surface area contributed by atoms with Gasteiger partial charge in [-0.3, -0.25) is 0 Å². The molecular formula is C21H21AsNO4. The second-order valence-corrected chi connectivity index (χ2v) is 9.92. The van der Waals surface area contributed by atoms with Gasteiger partial charge in [-0.05, 0) is 0 Å². The van der Waals surface area contributed by atoms with E-state index in [1.165, 1.54) is 25.7 Å². The Kier molecular flexibility index (Phi) is 5.49. The molecule has 0 atom stereocenters. The maximum absolute atomic E-state index is 12.8.